The highest BCUT2D eigenvalue weighted by atomic mass is 35.5. The molecule has 2 aliphatic heterocycles. The highest BCUT2D eigenvalue weighted by Gasteiger charge is 2.23. The van der Waals surface area contributed by atoms with Crippen LogP contribution in [0.15, 0.2) is 48.5 Å². The van der Waals surface area contributed by atoms with Crippen LogP contribution >= 0.6 is 23.2 Å². The lowest BCUT2D eigenvalue weighted by molar-refractivity contribution is 0.0664. The quantitative estimate of drug-likeness (QED) is 0.508. The normalized spacial score (nSPS) is 15.6. The molecule has 0 radical (unpaired) electrons. The summed E-state index contributed by atoms with van der Waals surface area (Å²) in [6.45, 7) is 5.04. The van der Waals surface area contributed by atoms with Gasteiger partial charge in [0.2, 0.25) is 0 Å². The van der Waals surface area contributed by atoms with Crippen molar-refractivity contribution >= 4 is 52.2 Å². The van der Waals surface area contributed by atoms with Gasteiger partial charge < -0.3 is 25.3 Å². The van der Waals surface area contributed by atoms with Gasteiger partial charge in [0.25, 0.3) is 11.8 Å². The standard InChI is InChI=1S/C26H27Cl2N7O2/c1-33-10-12-34(13-11-33)26(37)17-2-5-20(6-3-17)30-25(36)22-15-23-24(32-31-22)29-8-9-35(23)16-18-14-19(27)4-7-21(18)28/h2-7,14-15H,8-13,16H2,1H3,(H,29,32)(H,30,36). The molecule has 2 aliphatic rings. The van der Waals surface area contributed by atoms with Crippen LogP contribution < -0.4 is 15.5 Å². The highest BCUT2D eigenvalue weighted by molar-refractivity contribution is 6.33. The van der Waals surface area contributed by atoms with E-state index in [0.29, 0.717) is 59.8 Å². The van der Waals surface area contributed by atoms with Crippen molar-refractivity contribution in [3.8, 4) is 0 Å². The van der Waals surface area contributed by atoms with Gasteiger partial charge in [0.15, 0.2) is 11.5 Å². The molecule has 2 amide bonds. The molecular weight excluding hydrogens is 513 g/mol. The molecule has 11 heteroatoms. The lowest BCUT2D eigenvalue weighted by atomic mass is 10.1. The lowest BCUT2D eigenvalue weighted by Crippen LogP contribution is -2.47. The topological polar surface area (TPSA) is 93.7 Å². The van der Waals surface area contributed by atoms with Crippen LogP contribution in [0, 0.1) is 0 Å². The van der Waals surface area contributed by atoms with E-state index in [9.17, 15) is 9.59 Å². The first kappa shape index (κ1) is 25.3. The van der Waals surface area contributed by atoms with Gasteiger partial charge in [0.1, 0.15) is 0 Å². The van der Waals surface area contributed by atoms with Crippen molar-refractivity contribution < 1.29 is 9.59 Å². The van der Waals surface area contributed by atoms with E-state index in [0.717, 1.165) is 24.3 Å². The number of nitrogens with one attached hydrogen (secondary N) is 2. The average Bonchev–Trinajstić information content (AvgIpc) is 2.91. The highest BCUT2D eigenvalue weighted by Crippen LogP contribution is 2.31. The van der Waals surface area contributed by atoms with Crippen molar-refractivity contribution in [1.29, 1.82) is 0 Å². The summed E-state index contributed by atoms with van der Waals surface area (Å²) in [4.78, 5) is 31.9. The predicted octanol–water partition coefficient (Wildman–Crippen LogP) is 3.86. The smallest absolute Gasteiger partial charge is 0.276 e. The number of benzene rings is 2. The van der Waals surface area contributed by atoms with Crippen molar-refractivity contribution in [2.24, 2.45) is 0 Å². The Hall–Kier alpha value is -3.40. The number of halogens is 2. The summed E-state index contributed by atoms with van der Waals surface area (Å²) >= 11 is 12.5. The van der Waals surface area contributed by atoms with Crippen molar-refractivity contribution in [3.05, 3.63) is 75.4 Å². The maximum absolute atomic E-state index is 13.0. The van der Waals surface area contributed by atoms with Gasteiger partial charge in [-0.05, 0) is 61.1 Å². The third-order valence-electron chi connectivity index (χ3n) is 6.57. The molecule has 0 atom stereocenters. The zero-order valence-electron chi connectivity index (χ0n) is 20.4. The first-order valence-electron chi connectivity index (χ1n) is 12.1. The molecule has 0 bridgehead atoms. The number of nitrogens with zero attached hydrogens (tertiary/aromatic N) is 5. The summed E-state index contributed by atoms with van der Waals surface area (Å²) in [6, 6.07) is 14.0. The number of likely N-dealkylation sites (N-methyl/N-ethyl adjacent to an activating group) is 1. The Morgan fingerprint density at radius 2 is 1.73 bits per heavy atom. The number of fused-ring (bicyclic) bond motifs is 1. The van der Waals surface area contributed by atoms with Crippen molar-refractivity contribution in [2.75, 3.05) is 61.8 Å². The van der Waals surface area contributed by atoms with Crippen molar-refractivity contribution in [3.63, 3.8) is 0 Å². The Kier molecular flexibility index (Phi) is 7.45. The summed E-state index contributed by atoms with van der Waals surface area (Å²) in [5, 5.41) is 15.6. The number of anilines is 3. The monoisotopic (exact) mass is 539 g/mol. The fourth-order valence-electron chi connectivity index (χ4n) is 4.41. The van der Waals surface area contributed by atoms with E-state index in [4.69, 9.17) is 23.2 Å². The van der Waals surface area contributed by atoms with Crippen molar-refractivity contribution in [2.45, 2.75) is 6.54 Å². The SMILES string of the molecule is CN1CCN(C(=O)c2ccc(NC(=O)c3cc4c(nn3)NCCN4Cc3cc(Cl)ccc3Cl)cc2)CC1. The summed E-state index contributed by atoms with van der Waals surface area (Å²) in [6.07, 6.45) is 0. The van der Waals surface area contributed by atoms with E-state index in [1.807, 2.05) is 11.0 Å². The van der Waals surface area contributed by atoms with Crippen LogP contribution in [0.2, 0.25) is 10.0 Å². The van der Waals surface area contributed by atoms with Crippen LogP contribution in [0.25, 0.3) is 0 Å². The summed E-state index contributed by atoms with van der Waals surface area (Å²) in [7, 11) is 2.05. The number of amides is 2. The van der Waals surface area contributed by atoms with E-state index in [1.54, 1.807) is 42.5 Å². The Bertz CT molecular complexity index is 1310. The predicted molar refractivity (Wildman–Crippen MR) is 146 cm³/mol. The minimum absolute atomic E-state index is 0.000992. The maximum atomic E-state index is 13.0. The maximum Gasteiger partial charge on any atom is 0.276 e. The van der Waals surface area contributed by atoms with Crippen LogP contribution in [-0.4, -0.2) is 78.1 Å². The largest absolute Gasteiger partial charge is 0.365 e. The third kappa shape index (κ3) is 5.79. The zero-order chi connectivity index (χ0) is 25.9. The van der Waals surface area contributed by atoms with Crippen molar-refractivity contribution in [1.82, 2.24) is 20.0 Å². The molecule has 1 aromatic heterocycles. The number of hydrogen-bond acceptors (Lipinski definition) is 7. The Morgan fingerprint density at radius 1 is 0.973 bits per heavy atom. The van der Waals surface area contributed by atoms with Crippen LogP contribution in [0.1, 0.15) is 26.4 Å². The van der Waals surface area contributed by atoms with E-state index in [2.05, 4.69) is 37.7 Å². The first-order chi connectivity index (χ1) is 17.9. The van der Waals surface area contributed by atoms with E-state index < -0.39 is 0 Å². The molecule has 0 aliphatic carbocycles. The van der Waals surface area contributed by atoms with E-state index >= 15 is 0 Å². The second-order valence-corrected chi connectivity index (χ2v) is 10.0. The Labute approximate surface area is 225 Å². The fraction of sp³-hybridized carbons (Fsp3) is 0.308. The molecule has 2 aromatic carbocycles. The second kappa shape index (κ2) is 10.9. The number of aromatic nitrogens is 2. The van der Waals surface area contributed by atoms with Crippen LogP contribution in [0.5, 0.6) is 0 Å². The van der Waals surface area contributed by atoms with Gasteiger partial charge in [-0.15, -0.1) is 10.2 Å². The van der Waals surface area contributed by atoms with Gasteiger partial charge >= 0.3 is 0 Å². The molecule has 3 heterocycles. The van der Waals surface area contributed by atoms with Crippen LogP contribution in [-0.2, 0) is 6.54 Å². The minimum atomic E-state index is -0.389. The fourth-order valence-corrected chi connectivity index (χ4v) is 4.78. The molecular formula is C26H27Cl2N7O2. The lowest BCUT2D eigenvalue weighted by Gasteiger charge is -2.32. The molecule has 3 aromatic rings. The number of rotatable bonds is 5. The summed E-state index contributed by atoms with van der Waals surface area (Å²) < 4.78 is 0. The van der Waals surface area contributed by atoms with E-state index in [-0.39, 0.29) is 17.5 Å². The van der Waals surface area contributed by atoms with Gasteiger partial charge in [-0.1, -0.05) is 23.2 Å². The Morgan fingerprint density at radius 3 is 2.49 bits per heavy atom. The molecule has 0 spiro atoms. The Balaban J connectivity index is 1.28. The zero-order valence-corrected chi connectivity index (χ0v) is 21.9. The molecule has 192 valence electrons. The minimum Gasteiger partial charge on any atom is -0.365 e. The van der Waals surface area contributed by atoms with Crippen LogP contribution in [0.4, 0.5) is 17.2 Å². The van der Waals surface area contributed by atoms with Gasteiger partial charge in [0, 0.05) is 67.1 Å². The molecule has 37 heavy (non-hydrogen) atoms. The summed E-state index contributed by atoms with van der Waals surface area (Å²) in [5.41, 5.74) is 2.99. The molecule has 0 saturated carbocycles. The van der Waals surface area contributed by atoms with Gasteiger partial charge in [-0.3, -0.25) is 9.59 Å². The van der Waals surface area contributed by atoms with Gasteiger partial charge in [-0.25, -0.2) is 0 Å². The van der Waals surface area contributed by atoms with Gasteiger partial charge in [0.05, 0.1) is 5.69 Å². The summed E-state index contributed by atoms with van der Waals surface area (Å²) in [5.74, 6) is 0.214. The van der Waals surface area contributed by atoms with Crippen LogP contribution in [0.3, 0.4) is 0 Å². The molecule has 1 saturated heterocycles. The van der Waals surface area contributed by atoms with Gasteiger partial charge in [-0.2, -0.15) is 0 Å². The molecule has 9 nitrogen and oxygen atoms in total. The molecule has 0 unspecified atom stereocenters. The third-order valence-corrected chi connectivity index (χ3v) is 7.17. The average molecular weight is 540 g/mol. The molecule has 2 N–H and O–H groups in total. The second-order valence-electron chi connectivity index (χ2n) is 9.17. The number of carbonyl (C=O) groups is 2. The number of carbonyl (C=O) groups excluding carboxylic acids is 2. The number of piperazine rings is 1. The number of hydrogen-bond donors (Lipinski definition) is 2. The molecule has 1 fully saturated rings. The first-order valence-corrected chi connectivity index (χ1v) is 12.8. The van der Waals surface area contributed by atoms with E-state index in [1.165, 1.54) is 0 Å². The molecule has 5 rings (SSSR count).